The Hall–Kier alpha value is -3.07. The maximum absolute atomic E-state index is 13.6. The maximum atomic E-state index is 13.6. The Balaban J connectivity index is 1.59. The van der Waals surface area contributed by atoms with Crippen molar-refractivity contribution < 1.29 is 13.9 Å². The molecule has 0 heterocycles. The summed E-state index contributed by atoms with van der Waals surface area (Å²) in [5.74, 6) is 2.04. The highest BCUT2D eigenvalue weighted by atomic mass is 19.1. The first-order valence-corrected chi connectivity index (χ1v) is 11.0. The van der Waals surface area contributed by atoms with Crippen LogP contribution in [0.1, 0.15) is 41.9 Å². The summed E-state index contributed by atoms with van der Waals surface area (Å²) in [6.45, 7) is 0. The van der Waals surface area contributed by atoms with Crippen LogP contribution in [0.5, 0.6) is 11.5 Å². The first-order valence-electron chi connectivity index (χ1n) is 11.0. The largest absolute Gasteiger partial charge is 0.496 e. The summed E-state index contributed by atoms with van der Waals surface area (Å²) < 4.78 is 25.0. The van der Waals surface area contributed by atoms with Crippen molar-refractivity contribution >= 4 is 21.5 Å². The van der Waals surface area contributed by atoms with Gasteiger partial charge in [0.15, 0.2) is 0 Å². The van der Waals surface area contributed by atoms with Gasteiger partial charge in [0.1, 0.15) is 17.3 Å². The summed E-state index contributed by atoms with van der Waals surface area (Å²) in [6, 6.07) is 19.9. The molecule has 0 radical (unpaired) electrons. The summed E-state index contributed by atoms with van der Waals surface area (Å²) in [5, 5.41) is 4.72. The Morgan fingerprint density at radius 2 is 1.71 bits per heavy atom. The first-order chi connectivity index (χ1) is 15.2. The molecule has 5 rings (SSSR count). The van der Waals surface area contributed by atoms with Crippen molar-refractivity contribution in [2.45, 2.75) is 38.0 Å². The number of halogens is 1. The van der Waals surface area contributed by atoms with Crippen LogP contribution >= 0.6 is 0 Å². The predicted molar refractivity (Wildman–Crippen MR) is 125 cm³/mol. The predicted octanol–water partition coefficient (Wildman–Crippen LogP) is 7.20. The fourth-order valence-corrected chi connectivity index (χ4v) is 5.30. The van der Waals surface area contributed by atoms with E-state index in [9.17, 15) is 4.39 Å². The van der Waals surface area contributed by atoms with Crippen molar-refractivity contribution in [2.75, 3.05) is 14.2 Å². The Labute approximate surface area is 182 Å². The van der Waals surface area contributed by atoms with Crippen molar-refractivity contribution in [1.82, 2.24) is 0 Å². The molecule has 0 fully saturated rings. The summed E-state index contributed by atoms with van der Waals surface area (Å²) in [5.41, 5.74) is 3.96. The van der Waals surface area contributed by atoms with E-state index < -0.39 is 0 Å². The molecule has 0 saturated carbocycles. The third kappa shape index (κ3) is 3.52. The van der Waals surface area contributed by atoms with Gasteiger partial charge in [0, 0.05) is 0 Å². The van der Waals surface area contributed by atoms with Crippen molar-refractivity contribution in [1.29, 1.82) is 0 Å². The molecule has 158 valence electrons. The molecule has 0 aromatic heterocycles. The van der Waals surface area contributed by atoms with Crippen LogP contribution in [0, 0.1) is 5.82 Å². The molecule has 0 aliphatic heterocycles. The lowest BCUT2D eigenvalue weighted by molar-refractivity contribution is 0.405. The van der Waals surface area contributed by atoms with Crippen LogP contribution in [0.2, 0.25) is 0 Å². The zero-order valence-electron chi connectivity index (χ0n) is 18.1. The van der Waals surface area contributed by atoms with E-state index >= 15 is 0 Å². The molecule has 1 aliphatic carbocycles. The SMILES string of the molecule is COc1cccc2c1c(OC)cc1c3c(ccc12)C(CCc1cccc(F)c1)CCC3. The van der Waals surface area contributed by atoms with Gasteiger partial charge in [-0.25, -0.2) is 4.39 Å². The number of hydrogen-bond donors (Lipinski definition) is 0. The van der Waals surface area contributed by atoms with Gasteiger partial charge >= 0.3 is 0 Å². The molecule has 0 bridgehead atoms. The molecule has 2 nitrogen and oxygen atoms in total. The molecular weight excluding hydrogens is 387 g/mol. The number of aryl methyl sites for hydroxylation is 2. The minimum absolute atomic E-state index is 0.151. The zero-order chi connectivity index (χ0) is 21.4. The zero-order valence-corrected chi connectivity index (χ0v) is 18.1. The van der Waals surface area contributed by atoms with Gasteiger partial charge in [-0.15, -0.1) is 0 Å². The average molecular weight is 415 g/mol. The second kappa shape index (κ2) is 8.22. The molecular formula is C28H27FO2. The van der Waals surface area contributed by atoms with Crippen LogP contribution < -0.4 is 9.47 Å². The monoisotopic (exact) mass is 414 g/mol. The molecule has 1 unspecified atom stereocenters. The fourth-order valence-electron chi connectivity index (χ4n) is 5.30. The number of benzene rings is 4. The van der Waals surface area contributed by atoms with Gasteiger partial charge in [0.2, 0.25) is 0 Å². The highest BCUT2D eigenvalue weighted by Gasteiger charge is 2.23. The van der Waals surface area contributed by atoms with Gasteiger partial charge in [0.25, 0.3) is 0 Å². The van der Waals surface area contributed by atoms with Gasteiger partial charge in [0.05, 0.1) is 19.6 Å². The van der Waals surface area contributed by atoms with Crippen LogP contribution in [0.15, 0.2) is 60.7 Å². The fraction of sp³-hybridized carbons (Fsp3) is 0.286. The van der Waals surface area contributed by atoms with E-state index in [0.29, 0.717) is 5.92 Å². The van der Waals surface area contributed by atoms with Gasteiger partial charge in [-0.1, -0.05) is 36.4 Å². The van der Waals surface area contributed by atoms with Crippen molar-refractivity contribution in [3.8, 4) is 11.5 Å². The molecule has 0 saturated heterocycles. The smallest absolute Gasteiger partial charge is 0.131 e. The third-order valence-corrected chi connectivity index (χ3v) is 6.76. The lowest BCUT2D eigenvalue weighted by Gasteiger charge is -2.27. The highest BCUT2D eigenvalue weighted by molar-refractivity contribution is 6.13. The van der Waals surface area contributed by atoms with Crippen molar-refractivity contribution in [3.63, 3.8) is 0 Å². The number of ether oxygens (including phenoxy) is 2. The van der Waals surface area contributed by atoms with E-state index in [1.54, 1.807) is 26.4 Å². The number of hydrogen-bond acceptors (Lipinski definition) is 2. The minimum atomic E-state index is -0.151. The summed E-state index contributed by atoms with van der Waals surface area (Å²) in [6.07, 6.45) is 5.39. The van der Waals surface area contributed by atoms with E-state index in [0.717, 1.165) is 41.7 Å². The average Bonchev–Trinajstić information content (AvgIpc) is 2.81. The third-order valence-electron chi connectivity index (χ3n) is 6.76. The molecule has 4 aromatic rings. The summed E-state index contributed by atoms with van der Waals surface area (Å²) in [7, 11) is 3.43. The molecule has 3 heteroatoms. The molecule has 0 amide bonds. The normalized spacial score (nSPS) is 15.8. The molecule has 0 spiro atoms. The lowest BCUT2D eigenvalue weighted by atomic mass is 9.77. The van der Waals surface area contributed by atoms with Crippen molar-refractivity contribution in [3.05, 3.63) is 83.2 Å². The van der Waals surface area contributed by atoms with Gasteiger partial charge < -0.3 is 9.47 Å². The summed E-state index contributed by atoms with van der Waals surface area (Å²) in [4.78, 5) is 0. The second-order valence-corrected chi connectivity index (χ2v) is 8.45. The van der Waals surface area contributed by atoms with Crippen LogP contribution in [0.4, 0.5) is 4.39 Å². The van der Waals surface area contributed by atoms with Crippen LogP contribution in [-0.4, -0.2) is 14.2 Å². The Bertz CT molecular complexity index is 1260. The van der Waals surface area contributed by atoms with Gasteiger partial charge in [-0.05, 0) is 95.1 Å². The van der Waals surface area contributed by atoms with Gasteiger partial charge in [-0.2, -0.15) is 0 Å². The van der Waals surface area contributed by atoms with E-state index in [1.165, 1.54) is 46.2 Å². The van der Waals surface area contributed by atoms with Crippen LogP contribution in [0.3, 0.4) is 0 Å². The lowest BCUT2D eigenvalue weighted by Crippen LogP contribution is -2.11. The molecule has 0 N–H and O–H groups in total. The summed E-state index contributed by atoms with van der Waals surface area (Å²) >= 11 is 0. The standard InChI is InChI=1S/C28H27FO2/c1-30-26-11-5-10-24-23-15-14-21-19(13-12-18-6-3-8-20(29)16-18)7-4-9-22(21)25(23)17-27(31-2)28(24)26/h3,5-6,8,10-11,14-17,19H,4,7,9,12-13H2,1-2H3. The maximum Gasteiger partial charge on any atom is 0.131 e. The Morgan fingerprint density at radius 1 is 0.871 bits per heavy atom. The molecule has 31 heavy (non-hydrogen) atoms. The number of fused-ring (bicyclic) bond motifs is 5. The molecule has 1 aliphatic rings. The van der Waals surface area contributed by atoms with E-state index in [-0.39, 0.29) is 5.82 Å². The van der Waals surface area contributed by atoms with Crippen LogP contribution in [-0.2, 0) is 12.8 Å². The Kier molecular flexibility index (Phi) is 5.27. The second-order valence-electron chi connectivity index (χ2n) is 8.45. The number of rotatable bonds is 5. The molecule has 1 atom stereocenters. The topological polar surface area (TPSA) is 18.5 Å². The number of methoxy groups -OCH3 is 2. The first kappa shape index (κ1) is 19.9. The van der Waals surface area contributed by atoms with Crippen LogP contribution in [0.25, 0.3) is 21.5 Å². The van der Waals surface area contributed by atoms with Crippen molar-refractivity contribution in [2.24, 2.45) is 0 Å². The quantitative estimate of drug-likeness (QED) is 0.321. The minimum Gasteiger partial charge on any atom is -0.496 e. The molecule has 4 aromatic carbocycles. The Morgan fingerprint density at radius 3 is 2.52 bits per heavy atom. The van der Waals surface area contributed by atoms with E-state index in [1.807, 2.05) is 18.2 Å². The highest BCUT2D eigenvalue weighted by Crippen LogP contribution is 2.44. The van der Waals surface area contributed by atoms with Gasteiger partial charge in [-0.3, -0.25) is 0 Å². The van der Waals surface area contributed by atoms with E-state index in [2.05, 4.69) is 24.3 Å². The van der Waals surface area contributed by atoms with E-state index in [4.69, 9.17) is 9.47 Å².